The fraction of sp³-hybridized carbons (Fsp3) is 0.857. The molecule has 4 heteroatoms. The van der Waals surface area contributed by atoms with Crippen LogP contribution in [0.4, 0.5) is 0 Å². The van der Waals surface area contributed by atoms with Crippen molar-refractivity contribution in [1.29, 1.82) is 0 Å². The molecule has 64 valence electrons. The molecular weight excluding hydrogens is 146 g/mol. The summed E-state index contributed by atoms with van der Waals surface area (Å²) in [5.74, 6) is -0.508. The largest absolute Gasteiger partial charge is 0.479 e. The normalized spacial score (nSPS) is 31.7. The second-order valence-corrected chi connectivity index (χ2v) is 2.84. The SMILES string of the molecule is NCC1CCC(C(=O)O)OC1. The van der Waals surface area contributed by atoms with Crippen LogP contribution >= 0.6 is 0 Å². The van der Waals surface area contributed by atoms with Crippen molar-refractivity contribution >= 4 is 5.97 Å². The smallest absolute Gasteiger partial charge is 0.332 e. The number of rotatable bonds is 2. The Morgan fingerprint density at radius 1 is 1.64 bits per heavy atom. The first-order chi connectivity index (χ1) is 5.24. The van der Waals surface area contributed by atoms with Crippen molar-refractivity contribution in [2.45, 2.75) is 18.9 Å². The molecule has 2 unspecified atom stereocenters. The molecule has 2 atom stereocenters. The summed E-state index contributed by atoms with van der Waals surface area (Å²) in [6, 6.07) is 0. The molecule has 1 fully saturated rings. The van der Waals surface area contributed by atoms with E-state index in [1.807, 2.05) is 0 Å². The van der Waals surface area contributed by atoms with E-state index >= 15 is 0 Å². The minimum Gasteiger partial charge on any atom is -0.479 e. The summed E-state index contributed by atoms with van der Waals surface area (Å²) in [7, 11) is 0. The highest BCUT2D eigenvalue weighted by Gasteiger charge is 2.25. The third kappa shape index (κ3) is 2.17. The molecule has 1 aliphatic rings. The molecule has 4 nitrogen and oxygen atoms in total. The highest BCUT2D eigenvalue weighted by atomic mass is 16.5. The molecule has 0 amide bonds. The van der Waals surface area contributed by atoms with E-state index in [4.69, 9.17) is 15.6 Å². The van der Waals surface area contributed by atoms with Crippen molar-refractivity contribution in [3.63, 3.8) is 0 Å². The van der Waals surface area contributed by atoms with Gasteiger partial charge in [-0.3, -0.25) is 0 Å². The Hall–Kier alpha value is -0.610. The second kappa shape index (κ2) is 3.69. The van der Waals surface area contributed by atoms with E-state index in [2.05, 4.69) is 0 Å². The van der Waals surface area contributed by atoms with Gasteiger partial charge in [-0.05, 0) is 25.3 Å². The first kappa shape index (κ1) is 8.49. The molecular formula is C7H13NO3. The number of carbonyl (C=O) groups is 1. The second-order valence-electron chi connectivity index (χ2n) is 2.84. The molecule has 1 aliphatic heterocycles. The van der Waals surface area contributed by atoms with Crippen molar-refractivity contribution in [2.75, 3.05) is 13.2 Å². The molecule has 0 aromatic heterocycles. The van der Waals surface area contributed by atoms with Gasteiger partial charge in [0.2, 0.25) is 0 Å². The Morgan fingerprint density at radius 3 is 2.73 bits per heavy atom. The monoisotopic (exact) mass is 159 g/mol. The van der Waals surface area contributed by atoms with Gasteiger partial charge in [0.15, 0.2) is 6.10 Å². The predicted molar refractivity (Wildman–Crippen MR) is 39.2 cm³/mol. The lowest BCUT2D eigenvalue weighted by atomic mass is 9.99. The summed E-state index contributed by atoms with van der Waals surface area (Å²) in [5, 5.41) is 8.54. The van der Waals surface area contributed by atoms with Crippen LogP contribution in [0.15, 0.2) is 0 Å². The molecule has 1 saturated heterocycles. The first-order valence-electron chi connectivity index (χ1n) is 3.78. The van der Waals surface area contributed by atoms with E-state index in [0.29, 0.717) is 25.5 Å². The Labute approximate surface area is 65.3 Å². The molecule has 0 aliphatic carbocycles. The third-order valence-corrected chi connectivity index (χ3v) is 1.98. The minimum absolute atomic E-state index is 0.352. The number of nitrogens with two attached hydrogens (primary N) is 1. The number of ether oxygens (including phenoxy) is 1. The summed E-state index contributed by atoms with van der Waals surface area (Å²) >= 11 is 0. The number of aliphatic carboxylic acids is 1. The van der Waals surface area contributed by atoms with Crippen LogP contribution in [0, 0.1) is 5.92 Å². The van der Waals surface area contributed by atoms with E-state index < -0.39 is 12.1 Å². The average Bonchev–Trinajstić information content (AvgIpc) is 2.05. The zero-order chi connectivity index (χ0) is 8.27. The lowest BCUT2D eigenvalue weighted by molar-refractivity contribution is -0.154. The quantitative estimate of drug-likeness (QED) is 0.586. The highest BCUT2D eigenvalue weighted by Crippen LogP contribution is 2.17. The van der Waals surface area contributed by atoms with Gasteiger partial charge in [-0.15, -0.1) is 0 Å². The summed E-state index contributed by atoms with van der Waals surface area (Å²) in [4.78, 5) is 10.4. The minimum atomic E-state index is -0.861. The maximum atomic E-state index is 10.4. The van der Waals surface area contributed by atoms with E-state index in [0.717, 1.165) is 6.42 Å². The first-order valence-corrected chi connectivity index (χ1v) is 3.78. The summed E-state index contributed by atoms with van der Waals surface area (Å²) in [5.41, 5.74) is 5.40. The van der Waals surface area contributed by atoms with Crippen LogP contribution in [0.1, 0.15) is 12.8 Å². The van der Waals surface area contributed by atoms with E-state index in [9.17, 15) is 4.79 Å². The van der Waals surface area contributed by atoms with Gasteiger partial charge in [0, 0.05) is 0 Å². The molecule has 0 radical (unpaired) electrons. The molecule has 0 aromatic rings. The van der Waals surface area contributed by atoms with Gasteiger partial charge in [0.05, 0.1) is 6.61 Å². The van der Waals surface area contributed by atoms with Crippen LogP contribution in [0.2, 0.25) is 0 Å². The molecule has 0 saturated carbocycles. The number of carboxylic acid groups (broad SMARTS) is 1. The highest BCUT2D eigenvalue weighted by molar-refractivity contribution is 5.72. The van der Waals surface area contributed by atoms with Gasteiger partial charge < -0.3 is 15.6 Å². The maximum absolute atomic E-state index is 10.4. The van der Waals surface area contributed by atoms with Crippen LogP contribution in [-0.4, -0.2) is 30.3 Å². The molecule has 1 rings (SSSR count). The molecule has 1 heterocycles. The molecule has 0 aromatic carbocycles. The number of carboxylic acids is 1. The van der Waals surface area contributed by atoms with Crippen LogP contribution in [0.5, 0.6) is 0 Å². The molecule has 11 heavy (non-hydrogen) atoms. The van der Waals surface area contributed by atoms with Gasteiger partial charge in [0.25, 0.3) is 0 Å². The lowest BCUT2D eigenvalue weighted by Gasteiger charge is -2.25. The fourth-order valence-electron chi connectivity index (χ4n) is 1.19. The zero-order valence-electron chi connectivity index (χ0n) is 6.32. The van der Waals surface area contributed by atoms with Gasteiger partial charge >= 0.3 is 5.97 Å². The van der Waals surface area contributed by atoms with Crippen LogP contribution < -0.4 is 5.73 Å². The summed E-state index contributed by atoms with van der Waals surface area (Å²) < 4.78 is 5.06. The zero-order valence-corrected chi connectivity index (χ0v) is 6.32. The Kier molecular flexibility index (Phi) is 2.84. The van der Waals surface area contributed by atoms with Crippen molar-refractivity contribution < 1.29 is 14.6 Å². The molecule has 0 bridgehead atoms. The Morgan fingerprint density at radius 2 is 2.36 bits per heavy atom. The van der Waals surface area contributed by atoms with E-state index in [1.54, 1.807) is 0 Å². The standard InChI is InChI=1S/C7H13NO3/c8-3-5-1-2-6(7(9)10)11-4-5/h5-6H,1-4,8H2,(H,9,10). The number of hydrogen-bond acceptors (Lipinski definition) is 3. The van der Waals surface area contributed by atoms with Gasteiger partial charge in [-0.25, -0.2) is 4.79 Å². The Balaban J connectivity index is 2.30. The van der Waals surface area contributed by atoms with Crippen molar-refractivity contribution in [2.24, 2.45) is 11.7 Å². The molecule has 0 spiro atoms. The van der Waals surface area contributed by atoms with Gasteiger partial charge in [0.1, 0.15) is 0 Å². The Bertz CT molecular complexity index is 141. The van der Waals surface area contributed by atoms with Crippen LogP contribution in [0.25, 0.3) is 0 Å². The average molecular weight is 159 g/mol. The van der Waals surface area contributed by atoms with E-state index in [1.165, 1.54) is 0 Å². The van der Waals surface area contributed by atoms with Crippen LogP contribution in [0.3, 0.4) is 0 Å². The fourth-order valence-corrected chi connectivity index (χ4v) is 1.19. The van der Waals surface area contributed by atoms with Crippen molar-refractivity contribution in [3.05, 3.63) is 0 Å². The van der Waals surface area contributed by atoms with Crippen molar-refractivity contribution in [1.82, 2.24) is 0 Å². The van der Waals surface area contributed by atoms with E-state index in [-0.39, 0.29) is 0 Å². The van der Waals surface area contributed by atoms with Gasteiger partial charge in [-0.2, -0.15) is 0 Å². The predicted octanol–water partition coefficient (Wildman–Crippen LogP) is -0.175. The maximum Gasteiger partial charge on any atom is 0.332 e. The summed E-state index contributed by atoms with van der Waals surface area (Å²) in [6.45, 7) is 1.08. The van der Waals surface area contributed by atoms with Crippen LogP contribution in [-0.2, 0) is 9.53 Å². The third-order valence-electron chi connectivity index (χ3n) is 1.98. The summed E-state index contributed by atoms with van der Waals surface area (Å²) in [6.07, 6.45) is 0.864. The lowest BCUT2D eigenvalue weighted by Crippen LogP contribution is -2.34. The number of hydrogen-bond donors (Lipinski definition) is 2. The topological polar surface area (TPSA) is 72.6 Å². The van der Waals surface area contributed by atoms with Gasteiger partial charge in [-0.1, -0.05) is 0 Å². The van der Waals surface area contributed by atoms with Crippen molar-refractivity contribution in [3.8, 4) is 0 Å². The molecule has 3 N–H and O–H groups in total.